The fourth-order valence-electron chi connectivity index (χ4n) is 3.60. The van der Waals surface area contributed by atoms with E-state index in [9.17, 15) is 4.79 Å². The molecule has 102 valence electrons. The fraction of sp³-hybridized carbons (Fsp3) is 0.235. The topological polar surface area (TPSA) is 53.2 Å². The third-order valence-corrected chi connectivity index (χ3v) is 5.41. The van der Waals surface area contributed by atoms with Crippen molar-refractivity contribution in [3.05, 3.63) is 51.7 Å². The summed E-state index contributed by atoms with van der Waals surface area (Å²) in [5, 5.41) is 11.0. The molecule has 1 aliphatic carbocycles. The van der Waals surface area contributed by atoms with Gasteiger partial charge in [-0.15, -0.1) is 11.3 Å². The Kier molecular flexibility index (Phi) is 2.60. The molecule has 3 nitrogen and oxygen atoms in total. The van der Waals surface area contributed by atoms with E-state index in [-0.39, 0.29) is 11.7 Å². The van der Waals surface area contributed by atoms with Crippen molar-refractivity contribution in [1.29, 1.82) is 5.26 Å². The highest BCUT2D eigenvalue weighted by Gasteiger charge is 2.53. The summed E-state index contributed by atoms with van der Waals surface area (Å²) >= 11 is 1.44. The van der Waals surface area contributed by atoms with E-state index < -0.39 is 5.41 Å². The Hall–Kier alpha value is -2.25. The molecule has 1 aromatic carbocycles. The summed E-state index contributed by atoms with van der Waals surface area (Å²) in [5.74, 6) is 0.335. The molecule has 0 amide bonds. The molecule has 1 aliphatic heterocycles. The predicted octanol–water partition coefficient (Wildman–Crippen LogP) is 3.72. The molecule has 2 unspecified atom stereocenters. The van der Waals surface area contributed by atoms with Crippen LogP contribution >= 0.6 is 11.3 Å². The standard InChI is InChI=1S/C17H12N2OS/c18-8-12-7-11(9-21-12)13-5-6-16(20)17(13)10-19-15-4-2-1-3-14(15)17/h1-4,7,9-10,13H,5-6H2. The number of hydrogen-bond acceptors (Lipinski definition) is 4. The fourth-order valence-corrected chi connectivity index (χ4v) is 4.36. The first-order chi connectivity index (χ1) is 10.3. The minimum Gasteiger partial charge on any atom is -0.298 e. The minimum absolute atomic E-state index is 0.0933. The van der Waals surface area contributed by atoms with Crippen molar-refractivity contribution in [1.82, 2.24) is 0 Å². The monoisotopic (exact) mass is 292 g/mol. The quantitative estimate of drug-likeness (QED) is 0.804. The molecular formula is C17H12N2OS. The average Bonchev–Trinajstić information content (AvgIpc) is 3.20. The van der Waals surface area contributed by atoms with Gasteiger partial charge in [0.25, 0.3) is 0 Å². The highest BCUT2D eigenvalue weighted by atomic mass is 32.1. The molecule has 2 atom stereocenters. The first-order valence-corrected chi connectivity index (χ1v) is 7.80. The van der Waals surface area contributed by atoms with Gasteiger partial charge in [-0.05, 0) is 35.1 Å². The molecule has 1 spiro atoms. The van der Waals surface area contributed by atoms with Gasteiger partial charge in [-0.2, -0.15) is 5.26 Å². The Morgan fingerprint density at radius 3 is 3.05 bits per heavy atom. The van der Waals surface area contributed by atoms with Crippen LogP contribution in [0.5, 0.6) is 0 Å². The van der Waals surface area contributed by atoms with Crippen molar-refractivity contribution < 1.29 is 4.79 Å². The molecule has 2 aromatic rings. The maximum absolute atomic E-state index is 12.7. The largest absolute Gasteiger partial charge is 0.298 e. The summed E-state index contributed by atoms with van der Waals surface area (Å²) in [6.45, 7) is 0. The molecule has 2 aliphatic rings. The second kappa shape index (κ2) is 4.37. The number of nitriles is 1. The molecule has 1 fully saturated rings. The van der Waals surface area contributed by atoms with E-state index in [1.807, 2.05) is 41.9 Å². The average molecular weight is 292 g/mol. The van der Waals surface area contributed by atoms with Crippen molar-refractivity contribution >= 4 is 29.0 Å². The zero-order valence-electron chi connectivity index (χ0n) is 11.2. The zero-order valence-corrected chi connectivity index (χ0v) is 12.1. The highest BCUT2D eigenvalue weighted by molar-refractivity contribution is 7.10. The lowest BCUT2D eigenvalue weighted by Gasteiger charge is -2.27. The first kappa shape index (κ1) is 12.5. The van der Waals surface area contributed by atoms with Crippen molar-refractivity contribution in [2.45, 2.75) is 24.2 Å². The molecule has 1 aromatic heterocycles. The van der Waals surface area contributed by atoms with Gasteiger partial charge in [0.15, 0.2) is 0 Å². The van der Waals surface area contributed by atoms with E-state index >= 15 is 0 Å². The number of thiophene rings is 1. The molecule has 0 N–H and O–H groups in total. The lowest BCUT2D eigenvalue weighted by molar-refractivity contribution is -0.120. The number of aliphatic imine (C=N–C) groups is 1. The van der Waals surface area contributed by atoms with Crippen LogP contribution < -0.4 is 0 Å². The van der Waals surface area contributed by atoms with Gasteiger partial charge in [-0.3, -0.25) is 9.79 Å². The number of carbonyl (C=O) groups excluding carboxylic acids is 1. The predicted molar refractivity (Wildman–Crippen MR) is 82.3 cm³/mol. The Bertz CT molecular complexity index is 814. The SMILES string of the molecule is N#Cc1cc(C2CCC(=O)C23C=Nc2ccccc23)cs1. The van der Waals surface area contributed by atoms with Crippen LogP contribution in [0, 0.1) is 11.3 Å². The molecular weight excluding hydrogens is 280 g/mol. The number of nitrogens with zero attached hydrogens (tertiary/aromatic N) is 2. The second-order valence-electron chi connectivity index (χ2n) is 5.51. The van der Waals surface area contributed by atoms with Gasteiger partial charge in [0.2, 0.25) is 0 Å². The normalized spacial score (nSPS) is 26.2. The highest BCUT2D eigenvalue weighted by Crippen LogP contribution is 2.53. The molecule has 0 saturated heterocycles. The van der Waals surface area contributed by atoms with E-state index in [1.165, 1.54) is 11.3 Å². The second-order valence-corrected chi connectivity index (χ2v) is 6.43. The van der Waals surface area contributed by atoms with Crippen molar-refractivity contribution in [3.8, 4) is 6.07 Å². The minimum atomic E-state index is -0.621. The Labute approximate surface area is 126 Å². The van der Waals surface area contributed by atoms with E-state index in [0.717, 1.165) is 23.2 Å². The summed E-state index contributed by atoms with van der Waals surface area (Å²) in [7, 11) is 0. The number of hydrogen-bond donors (Lipinski definition) is 0. The zero-order chi connectivity index (χ0) is 14.4. The van der Waals surface area contributed by atoms with Gasteiger partial charge < -0.3 is 0 Å². The van der Waals surface area contributed by atoms with Gasteiger partial charge in [0, 0.05) is 18.6 Å². The van der Waals surface area contributed by atoms with Crippen molar-refractivity contribution in [2.75, 3.05) is 0 Å². The Morgan fingerprint density at radius 1 is 1.38 bits per heavy atom. The van der Waals surface area contributed by atoms with Gasteiger partial charge in [0.05, 0.1) is 11.1 Å². The number of rotatable bonds is 1. The molecule has 0 radical (unpaired) electrons. The van der Waals surface area contributed by atoms with Crippen LogP contribution in [0.1, 0.15) is 34.8 Å². The maximum Gasteiger partial charge on any atom is 0.149 e. The number of Topliss-reactive ketones (excluding diaryl/α,β-unsaturated/α-hetero) is 1. The molecule has 0 bridgehead atoms. The molecule has 4 heteroatoms. The van der Waals surface area contributed by atoms with Gasteiger partial charge in [0.1, 0.15) is 16.7 Å². The molecule has 4 rings (SSSR count). The molecule has 21 heavy (non-hydrogen) atoms. The van der Waals surface area contributed by atoms with Crippen LogP contribution in [0.4, 0.5) is 5.69 Å². The van der Waals surface area contributed by atoms with E-state index in [1.54, 1.807) is 0 Å². The van der Waals surface area contributed by atoms with Crippen LogP contribution in [0.25, 0.3) is 0 Å². The molecule has 1 saturated carbocycles. The number of benzene rings is 1. The lowest BCUT2D eigenvalue weighted by atomic mass is 9.71. The van der Waals surface area contributed by atoms with E-state index in [0.29, 0.717) is 11.3 Å². The van der Waals surface area contributed by atoms with E-state index in [2.05, 4.69) is 11.1 Å². The van der Waals surface area contributed by atoms with Crippen molar-refractivity contribution in [3.63, 3.8) is 0 Å². The number of carbonyl (C=O) groups is 1. The summed E-state index contributed by atoms with van der Waals surface area (Å²) in [6, 6.07) is 12.0. The number of para-hydroxylation sites is 1. The third kappa shape index (κ3) is 1.58. The number of ketones is 1. The summed E-state index contributed by atoms with van der Waals surface area (Å²) in [5.41, 5.74) is 2.38. The van der Waals surface area contributed by atoms with Crippen LogP contribution in [0.15, 0.2) is 40.7 Å². The van der Waals surface area contributed by atoms with Crippen LogP contribution in [-0.4, -0.2) is 12.0 Å². The van der Waals surface area contributed by atoms with Gasteiger partial charge in [-0.25, -0.2) is 0 Å². The first-order valence-electron chi connectivity index (χ1n) is 6.92. The smallest absolute Gasteiger partial charge is 0.149 e. The third-order valence-electron chi connectivity index (χ3n) is 4.56. The van der Waals surface area contributed by atoms with Gasteiger partial charge >= 0.3 is 0 Å². The lowest BCUT2D eigenvalue weighted by Crippen LogP contribution is -2.35. The summed E-state index contributed by atoms with van der Waals surface area (Å²) in [6.07, 6.45) is 3.23. The van der Waals surface area contributed by atoms with E-state index in [4.69, 9.17) is 5.26 Å². The number of fused-ring (bicyclic) bond motifs is 2. The Morgan fingerprint density at radius 2 is 2.24 bits per heavy atom. The summed E-state index contributed by atoms with van der Waals surface area (Å²) in [4.78, 5) is 17.8. The van der Waals surface area contributed by atoms with Crippen LogP contribution in [0.2, 0.25) is 0 Å². The summed E-state index contributed by atoms with van der Waals surface area (Å²) < 4.78 is 0. The van der Waals surface area contributed by atoms with Crippen LogP contribution in [0.3, 0.4) is 0 Å². The Balaban J connectivity index is 1.89. The maximum atomic E-state index is 12.7. The van der Waals surface area contributed by atoms with Gasteiger partial charge in [-0.1, -0.05) is 18.2 Å². The van der Waals surface area contributed by atoms with Crippen LogP contribution in [-0.2, 0) is 10.2 Å². The van der Waals surface area contributed by atoms with Crippen molar-refractivity contribution in [2.24, 2.45) is 4.99 Å². The molecule has 2 heterocycles.